The summed E-state index contributed by atoms with van der Waals surface area (Å²) in [6.45, 7) is 2.02. The van der Waals surface area contributed by atoms with Crippen molar-refractivity contribution in [2.45, 2.75) is 24.2 Å². The molecular weight excluding hydrogens is 404 g/mol. The minimum atomic E-state index is -0.469. The van der Waals surface area contributed by atoms with Crippen molar-refractivity contribution in [3.63, 3.8) is 0 Å². The predicted octanol–water partition coefficient (Wildman–Crippen LogP) is 4.43. The molecule has 2 heterocycles. The van der Waals surface area contributed by atoms with Crippen molar-refractivity contribution in [2.24, 2.45) is 0 Å². The maximum absolute atomic E-state index is 12.5. The molecule has 0 unspecified atom stereocenters. The van der Waals surface area contributed by atoms with Gasteiger partial charge in [0.2, 0.25) is 5.01 Å². The summed E-state index contributed by atoms with van der Waals surface area (Å²) in [4.78, 5) is 33.3. The Morgan fingerprint density at radius 2 is 1.96 bits per heavy atom. The van der Waals surface area contributed by atoms with Crippen LogP contribution in [0.3, 0.4) is 0 Å². The number of hydrogen-bond acceptors (Lipinski definition) is 9. The van der Waals surface area contributed by atoms with Gasteiger partial charge in [-0.2, -0.15) is 0 Å². The van der Waals surface area contributed by atoms with E-state index in [0.29, 0.717) is 17.0 Å². The number of rotatable bonds is 8. The van der Waals surface area contributed by atoms with Crippen LogP contribution in [0, 0.1) is 0 Å². The van der Waals surface area contributed by atoms with Gasteiger partial charge in [0, 0.05) is 21.4 Å². The van der Waals surface area contributed by atoms with Gasteiger partial charge in [-0.05, 0) is 19.1 Å². The van der Waals surface area contributed by atoms with E-state index in [0.717, 1.165) is 10.6 Å². The van der Waals surface area contributed by atoms with E-state index in [2.05, 4.69) is 9.97 Å². The Labute approximate surface area is 168 Å². The molecule has 3 rings (SSSR count). The molecular formula is C18H16N2O4S3. The number of ether oxygens (including phenoxy) is 2. The second-order valence-electron chi connectivity index (χ2n) is 5.21. The Bertz CT molecular complexity index is 909. The first-order valence-electron chi connectivity index (χ1n) is 8.05. The van der Waals surface area contributed by atoms with Crippen LogP contribution in [-0.4, -0.2) is 28.5 Å². The molecule has 9 heteroatoms. The molecule has 0 N–H and O–H groups in total. The maximum atomic E-state index is 12.5. The molecule has 0 radical (unpaired) electrons. The first-order chi connectivity index (χ1) is 13.2. The van der Waals surface area contributed by atoms with Crippen molar-refractivity contribution in [3.05, 3.63) is 62.5 Å². The molecule has 1 aromatic carbocycles. The van der Waals surface area contributed by atoms with Crippen molar-refractivity contribution in [1.29, 1.82) is 0 Å². The number of thioether (sulfide) groups is 1. The zero-order valence-corrected chi connectivity index (χ0v) is 16.9. The van der Waals surface area contributed by atoms with E-state index in [1.807, 2.05) is 17.5 Å². The molecule has 2 aromatic heterocycles. The molecule has 0 saturated carbocycles. The van der Waals surface area contributed by atoms with Gasteiger partial charge >= 0.3 is 11.9 Å². The fourth-order valence-electron chi connectivity index (χ4n) is 2.10. The summed E-state index contributed by atoms with van der Waals surface area (Å²) in [5.74, 6) is -0.214. The summed E-state index contributed by atoms with van der Waals surface area (Å²) < 4.78 is 10.3. The summed E-state index contributed by atoms with van der Waals surface area (Å²) in [5.41, 5.74) is 3.78. The standard InChI is InChI=1S/C18H16N2O4S3/c1-2-23-18(22)16-20-12(9-27-16)7-24-17(21)14-5-3-4-6-15(14)26-10-13-8-25-11-19-13/h3-6,8-9,11H,2,7,10H2,1H3. The summed E-state index contributed by atoms with van der Waals surface area (Å²) in [7, 11) is 0. The molecule has 0 aliphatic heterocycles. The minimum absolute atomic E-state index is 0.000173. The van der Waals surface area contributed by atoms with Gasteiger partial charge in [0.25, 0.3) is 0 Å². The van der Waals surface area contributed by atoms with Crippen molar-refractivity contribution < 1.29 is 19.1 Å². The number of hydrogen-bond donors (Lipinski definition) is 0. The average molecular weight is 421 g/mol. The molecule has 0 fully saturated rings. The van der Waals surface area contributed by atoms with Crippen LogP contribution < -0.4 is 0 Å². The third-order valence-electron chi connectivity index (χ3n) is 3.32. The highest BCUT2D eigenvalue weighted by Gasteiger charge is 2.16. The van der Waals surface area contributed by atoms with E-state index in [1.54, 1.807) is 41.3 Å². The van der Waals surface area contributed by atoms with Gasteiger partial charge in [0.1, 0.15) is 6.61 Å². The zero-order valence-electron chi connectivity index (χ0n) is 14.4. The Morgan fingerprint density at radius 3 is 2.74 bits per heavy atom. The van der Waals surface area contributed by atoms with E-state index in [9.17, 15) is 9.59 Å². The average Bonchev–Trinajstić information content (AvgIpc) is 3.37. The molecule has 0 aliphatic carbocycles. The lowest BCUT2D eigenvalue weighted by molar-refractivity contribution is 0.0464. The first kappa shape index (κ1) is 19.5. The van der Waals surface area contributed by atoms with E-state index in [-0.39, 0.29) is 18.2 Å². The van der Waals surface area contributed by atoms with E-state index in [4.69, 9.17) is 9.47 Å². The summed E-state index contributed by atoms with van der Waals surface area (Å²) in [6.07, 6.45) is 0. The van der Waals surface area contributed by atoms with Gasteiger partial charge in [-0.15, -0.1) is 34.4 Å². The Kier molecular flexibility index (Phi) is 6.97. The highest BCUT2D eigenvalue weighted by Crippen LogP contribution is 2.27. The second kappa shape index (κ2) is 9.63. The molecule has 27 heavy (non-hydrogen) atoms. The van der Waals surface area contributed by atoms with Crippen LogP contribution in [-0.2, 0) is 21.8 Å². The molecule has 140 valence electrons. The molecule has 3 aromatic rings. The summed E-state index contributed by atoms with van der Waals surface area (Å²) in [5, 5.41) is 3.92. The SMILES string of the molecule is CCOC(=O)c1nc(COC(=O)c2ccccc2SCc2cscn2)cs1. The lowest BCUT2D eigenvalue weighted by Crippen LogP contribution is -2.08. The zero-order chi connectivity index (χ0) is 19.1. The third-order valence-corrected chi connectivity index (χ3v) is 5.93. The highest BCUT2D eigenvalue weighted by atomic mass is 32.2. The number of carbonyl (C=O) groups is 2. The molecule has 0 spiro atoms. The van der Waals surface area contributed by atoms with Crippen molar-refractivity contribution >= 4 is 46.4 Å². The third kappa shape index (κ3) is 5.38. The quantitative estimate of drug-likeness (QED) is 0.394. The number of thiazole rings is 2. The Hall–Kier alpha value is -2.23. The molecule has 0 bridgehead atoms. The maximum Gasteiger partial charge on any atom is 0.367 e. The van der Waals surface area contributed by atoms with Crippen molar-refractivity contribution in [2.75, 3.05) is 6.61 Å². The number of esters is 2. The number of aromatic nitrogens is 2. The van der Waals surface area contributed by atoms with Gasteiger partial charge in [0.15, 0.2) is 0 Å². The fourth-order valence-corrected chi connectivity index (χ4v) is 4.40. The van der Waals surface area contributed by atoms with Crippen LogP contribution in [0.4, 0.5) is 0 Å². The van der Waals surface area contributed by atoms with E-state index < -0.39 is 11.9 Å². The largest absolute Gasteiger partial charge is 0.461 e. The molecule has 0 saturated heterocycles. The predicted molar refractivity (Wildman–Crippen MR) is 105 cm³/mol. The van der Waals surface area contributed by atoms with Gasteiger partial charge in [0.05, 0.1) is 29.1 Å². The van der Waals surface area contributed by atoms with Gasteiger partial charge in [-0.1, -0.05) is 12.1 Å². The van der Waals surface area contributed by atoms with Crippen LogP contribution in [0.2, 0.25) is 0 Å². The van der Waals surface area contributed by atoms with Gasteiger partial charge in [-0.3, -0.25) is 0 Å². The highest BCUT2D eigenvalue weighted by molar-refractivity contribution is 7.98. The second-order valence-corrected chi connectivity index (χ2v) is 7.80. The van der Waals surface area contributed by atoms with Crippen LogP contribution in [0.5, 0.6) is 0 Å². The molecule has 0 atom stereocenters. The van der Waals surface area contributed by atoms with Crippen LogP contribution in [0.1, 0.15) is 38.5 Å². The fraction of sp³-hybridized carbons (Fsp3) is 0.222. The normalized spacial score (nSPS) is 10.6. The smallest absolute Gasteiger partial charge is 0.367 e. The van der Waals surface area contributed by atoms with Crippen LogP contribution in [0.15, 0.2) is 45.4 Å². The van der Waals surface area contributed by atoms with E-state index >= 15 is 0 Å². The van der Waals surface area contributed by atoms with Crippen molar-refractivity contribution in [3.8, 4) is 0 Å². The summed E-state index contributed by atoms with van der Waals surface area (Å²) in [6, 6.07) is 7.30. The van der Waals surface area contributed by atoms with Crippen molar-refractivity contribution in [1.82, 2.24) is 9.97 Å². The van der Waals surface area contributed by atoms with Gasteiger partial charge in [-0.25, -0.2) is 19.6 Å². The topological polar surface area (TPSA) is 78.4 Å². The Morgan fingerprint density at radius 1 is 1.11 bits per heavy atom. The van der Waals surface area contributed by atoms with Gasteiger partial charge < -0.3 is 9.47 Å². The summed E-state index contributed by atoms with van der Waals surface area (Å²) >= 11 is 4.25. The van der Waals surface area contributed by atoms with Crippen LogP contribution in [0.25, 0.3) is 0 Å². The monoisotopic (exact) mass is 420 g/mol. The van der Waals surface area contributed by atoms with E-state index in [1.165, 1.54) is 23.1 Å². The number of benzene rings is 1. The number of carbonyl (C=O) groups excluding carboxylic acids is 2. The lowest BCUT2D eigenvalue weighted by atomic mass is 10.2. The first-order valence-corrected chi connectivity index (χ1v) is 10.9. The molecule has 0 amide bonds. The minimum Gasteiger partial charge on any atom is -0.461 e. The Balaban J connectivity index is 1.60. The molecule has 6 nitrogen and oxygen atoms in total. The lowest BCUT2D eigenvalue weighted by Gasteiger charge is -2.08. The van der Waals surface area contributed by atoms with Crippen LogP contribution >= 0.6 is 34.4 Å². The molecule has 0 aliphatic rings. The number of nitrogens with zero attached hydrogens (tertiary/aromatic N) is 2.